The van der Waals surface area contributed by atoms with Crippen LogP contribution < -0.4 is 5.48 Å². The standard InChI is InChI=1S/C34H35N3O2/c1-2-37-32-13-7-6-12-30(32)31-23-29(18-20-33(31)37)25-36(22-8-11-26-9-4-3-5-10-26)24-28-16-14-27(15-17-28)19-21-34(38)35-39/h3-7,9-10,12-21,23,39H,2,8,11,22,24-25H2,1H3,(H,35,38)/b21-19+. The van der Waals surface area contributed by atoms with Gasteiger partial charge in [-0.25, -0.2) is 5.48 Å². The number of fused-ring (bicyclic) bond motifs is 3. The third kappa shape index (κ3) is 6.45. The van der Waals surface area contributed by atoms with Crippen molar-refractivity contribution in [2.45, 2.75) is 39.4 Å². The summed E-state index contributed by atoms with van der Waals surface area (Å²) in [7, 11) is 0. The number of hydrogen-bond donors (Lipinski definition) is 2. The van der Waals surface area contributed by atoms with Gasteiger partial charge in [0, 0.05) is 47.5 Å². The number of aryl methyl sites for hydroxylation is 2. The number of benzene rings is 4. The van der Waals surface area contributed by atoms with Crippen LogP contribution in [0.2, 0.25) is 0 Å². The first-order chi connectivity index (χ1) is 19.1. The molecular formula is C34H35N3O2. The Bertz CT molecular complexity index is 1570. The molecule has 1 aromatic heterocycles. The fraction of sp³-hybridized carbons (Fsp3) is 0.206. The van der Waals surface area contributed by atoms with Crippen LogP contribution in [0.3, 0.4) is 0 Å². The lowest BCUT2D eigenvalue weighted by molar-refractivity contribution is -0.124. The van der Waals surface area contributed by atoms with Crippen LogP contribution in [0.1, 0.15) is 35.6 Å². The summed E-state index contributed by atoms with van der Waals surface area (Å²) in [6.07, 6.45) is 5.14. The molecule has 0 aliphatic carbocycles. The average molecular weight is 518 g/mol. The molecule has 0 unspecified atom stereocenters. The molecule has 5 nitrogen and oxygen atoms in total. The Balaban J connectivity index is 1.36. The highest BCUT2D eigenvalue weighted by Gasteiger charge is 2.12. The van der Waals surface area contributed by atoms with Crippen LogP contribution >= 0.6 is 0 Å². The number of aromatic nitrogens is 1. The largest absolute Gasteiger partial charge is 0.341 e. The molecule has 1 amide bonds. The molecule has 198 valence electrons. The maximum Gasteiger partial charge on any atom is 0.267 e. The van der Waals surface area contributed by atoms with Crippen LogP contribution in [0.15, 0.2) is 103 Å². The molecule has 5 rings (SSSR count). The van der Waals surface area contributed by atoms with Gasteiger partial charge in [0.05, 0.1) is 0 Å². The van der Waals surface area contributed by atoms with Gasteiger partial charge < -0.3 is 4.57 Å². The van der Waals surface area contributed by atoms with Crippen molar-refractivity contribution in [2.75, 3.05) is 6.54 Å². The van der Waals surface area contributed by atoms with E-state index in [-0.39, 0.29) is 0 Å². The highest BCUT2D eigenvalue weighted by Crippen LogP contribution is 2.30. The summed E-state index contributed by atoms with van der Waals surface area (Å²) in [6.45, 7) is 5.85. The smallest absolute Gasteiger partial charge is 0.267 e. The van der Waals surface area contributed by atoms with Gasteiger partial charge >= 0.3 is 0 Å². The molecule has 0 saturated carbocycles. The van der Waals surface area contributed by atoms with Crippen LogP contribution in [0.5, 0.6) is 0 Å². The molecule has 0 aliphatic heterocycles. The normalized spacial score (nSPS) is 11.7. The summed E-state index contributed by atoms with van der Waals surface area (Å²) in [5.41, 5.74) is 9.02. The summed E-state index contributed by atoms with van der Waals surface area (Å²) in [6, 6.07) is 34.5. The highest BCUT2D eigenvalue weighted by molar-refractivity contribution is 6.08. The van der Waals surface area contributed by atoms with Crippen molar-refractivity contribution in [1.29, 1.82) is 0 Å². The van der Waals surface area contributed by atoms with E-state index in [4.69, 9.17) is 5.21 Å². The Labute approximate surface area is 230 Å². The third-order valence-corrected chi connectivity index (χ3v) is 7.27. The number of amides is 1. The average Bonchev–Trinajstić information content (AvgIpc) is 3.30. The molecule has 5 heteroatoms. The molecule has 0 aliphatic rings. The molecule has 0 fully saturated rings. The number of nitrogens with zero attached hydrogens (tertiary/aromatic N) is 2. The minimum Gasteiger partial charge on any atom is -0.341 e. The van der Waals surface area contributed by atoms with Gasteiger partial charge in [0.15, 0.2) is 0 Å². The van der Waals surface area contributed by atoms with Crippen LogP contribution in [-0.2, 0) is 30.8 Å². The van der Waals surface area contributed by atoms with Crippen molar-refractivity contribution < 1.29 is 10.0 Å². The second kappa shape index (κ2) is 12.6. The Morgan fingerprint density at radius 2 is 1.51 bits per heavy atom. The van der Waals surface area contributed by atoms with E-state index >= 15 is 0 Å². The first-order valence-corrected chi connectivity index (χ1v) is 13.6. The van der Waals surface area contributed by atoms with Crippen molar-refractivity contribution in [1.82, 2.24) is 14.9 Å². The topological polar surface area (TPSA) is 57.5 Å². The second-order valence-corrected chi connectivity index (χ2v) is 9.96. The molecule has 0 bridgehead atoms. The quantitative estimate of drug-likeness (QED) is 0.113. The molecule has 5 aromatic rings. The molecule has 1 heterocycles. The van der Waals surface area contributed by atoms with Crippen molar-refractivity contribution >= 4 is 33.8 Å². The van der Waals surface area contributed by atoms with E-state index < -0.39 is 5.91 Å². The lowest BCUT2D eigenvalue weighted by Crippen LogP contribution is -2.24. The summed E-state index contributed by atoms with van der Waals surface area (Å²) >= 11 is 0. The predicted molar refractivity (Wildman–Crippen MR) is 159 cm³/mol. The van der Waals surface area contributed by atoms with Gasteiger partial charge in [-0.1, -0.05) is 78.9 Å². The molecule has 4 aromatic carbocycles. The minimum atomic E-state index is -0.539. The molecule has 39 heavy (non-hydrogen) atoms. The summed E-state index contributed by atoms with van der Waals surface area (Å²) in [4.78, 5) is 13.8. The number of hydrogen-bond acceptors (Lipinski definition) is 3. The third-order valence-electron chi connectivity index (χ3n) is 7.27. The maximum atomic E-state index is 11.3. The van der Waals surface area contributed by atoms with Gasteiger partial charge in [-0.15, -0.1) is 0 Å². The lowest BCUT2D eigenvalue weighted by atomic mass is 10.1. The first-order valence-electron chi connectivity index (χ1n) is 13.6. The van der Waals surface area contributed by atoms with Gasteiger partial charge in [-0.3, -0.25) is 14.9 Å². The Kier molecular flexibility index (Phi) is 8.51. The zero-order valence-corrected chi connectivity index (χ0v) is 22.4. The van der Waals surface area contributed by atoms with Crippen molar-refractivity contribution in [3.05, 3.63) is 125 Å². The van der Waals surface area contributed by atoms with Crippen LogP contribution in [0.25, 0.3) is 27.9 Å². The Morgan fingerprint density at radius 3 is 2.28 bits per heavy atom. The molecular weight excluding hydrogens is 482 g/mol. The summed E-state index contributed by atoms with van der Waals surface area (Å²) < 4.78 is 2.40. The zero-order chi connectivity index (χ0) is 27.0. The van der Waals surface area contributed by atoms with E-state index in [1.807, 2.05) is 12.1 Å². The van der Waals surface area contributed by atoms with Crippen molar-refractivity contribution in [2.24, 2.45) is 0 Å². The van der Waals surface area contributed by atoms with Gasteiger partial charge in [0.1, 0.15) is 0 Å². The fourth-order valence-electron chi connectivity index (χ4n) is 5.37. The number of carbonyl (C=O) groups is 1. The summed E-state index contributed by atoms with van der Waals surface area (Å²) in [5, 5.41) is 11.3. The van der Waals surface area contributed by atoms with Crippen molar-refractivity contribution in [3.8, 4) is 0 Å². The Hall–Kier alpha value is -4.19. The van der Waals surface area contributed by atoms with E-state index in [0.29, 0.717) is 0 Å². The Morgan fingerprint density at radius 1 is 0.821 bits per heavy atom. The fourth-order valence-corrected chi connectivity index (χ4v) is 5.37. The SMILES string of the molecule is CCn1c2ccccc2c2cc(CN(CCCc3ccccc3)Cc3ccc(/C=C/C(=O)NO)cc3)ccc21. The minimum absolute atomic E-state index is 0.539. The first kappa shape index (κ1) is 26.4. The number of rotatable bonds is 11. The molecule has 2 N–H and O–H groups in total. The van der Waals surface area contributed by atoms with Crippen LogP contribution in [-0.4, -0.2) is 27.1 Å². The van der Waals surface area contributed by atoms with Gasteiger partial charge in [-0.05, 0) is 72.8 Å². The monoisotopic (exact) mass is 517 g/mol. The molecule has 0 radical (unpaired) electrons. The number of hydroxylamine groups is 1. The number of carbonyl (C=O) groups excluding carboxylic acids is 1. The van der Waals surface area contributed by atoms with Gasteiger partial charge in [-0.2, -0.15) is 0 Å². The van der Waals surface area contributed by atoms with Gasteiger partial charge in [0.2, 0.25) is 0 Å². The second-order valence-electron chi connectivity index (χ2n) is 9.96. The summed E-state index contributed by atoms with van der Waals surface area (Å²) in [5.74, 6) is -0.539. The van der Waals surface area contributed by atoms with E-state index in [9.17, 15) is 4.79 Å². The highest BCUT2D eigenvalue weighted by atomic mass is 16.5. The van der Waals surface area contributed by atoms with E-state index in [2.05, 4.69) is 101 Å². The molecule has 0 saturated heterocycles. The van der Waals surface area contributed by atoms with E-state index in [0.717, 1.165) is 44.6 Å². The number of para-hydroxylation sites is 1. The predicted octanol–water partition coefficient (Wildman–Crippen LogP) is 6.97. The van der Waals surface area contributed by atoms with Crippen LogP contribution in [0.4, 0.5) is 0 Å². The van der Waals surface area contributed by atoms with Gasteiger partial charge in [0.25, 0.3) is 5.91 Å². The maximum absolute atomic E-state index is 11.3. The van der Waals surface area contributed by atoms with Crippen molar-refractivity contribution in [3.63, 3.8) is 0 Å². The lowest BCUT2D eigenvalue weighted by Gasteiger charge is -2.23. The van der Waals surface area contributed by atoms with E-state index in [1.165, 1.54) is 44.6 Å². The van der Waals surface area contributed by atoms with Crippen LogP contribution in [0, 0.1) is 0 Å². The zero-order valence-electron chi connectivity index (χ0n) is 22.4. The van der Waals surface area contributed by atoms with E-state index in [1.54, 1.807) is 11.6 Å². The molecule has 0 atom stereocenters. The molecule has 0 spiro atoms. The number of nitrogens with one attached hydrogen (secondary N) is 1.